The Morgan fingerprint density at radius 1 is 1.08 bits per heavy atom. The molecule has 1 heterocycles. The summed E-state index contributed by atoms with van der Waals surface area (Å²) in [7, 11) is 1.59. The molecule has 0 radical (unpaired) electrons. The van der Waals surface area contributed by atoms with Crippen LogP contribution in [0.15, 0.2) is 42.5 Å². The molecular formula is C29H40O7. The normalized spacial score (nSPS) is 43.1. The summed E-state index contributed by atoms with van der Waals surface area (Å²) in [6, 6.07) is 10.0. The fourth-order valence-corrected chi connectivity index (χ4v) is 8.01. The molecule has 1 aromatic carbocycles. The summed E-state index contributed by atoms with van der Waals surface area (Å²) in [4.78, 5) is 12.8. The second kappa shape index (κ2) is 8.83. The molecule has 1 spiro atoms. The maximum Gasteiger partial charge on any atom is 0.509 e. The van der Waals surface area contributed by atoms with Gasteiger partial charge in [-0.2, -0.15) is 0 Å². The molecule has 36 heavy (non-hydrogen) atoms. The Morgan fingerprint density at radius 2 is 1.81 bits per heavy atom. The summed E-state index contributed by atoms with van der Waals surface area (Å²) in [5.74, 6) is -0.365. The minimum Gasteiger partial charge on any atom is -0.426 e. The predicted octanol–water partition coefficient (Wildman–Crippen LogP) is 5.01. The van der Waals surface area contributed by atoms with E-state index in [-0.39, 0.29) is 24.9 Å². The average Bonchev–Trinajstić information content (AvgIpc) is 3.20. The Kier molecular flexibility index (Phi) is 6.30. The Labute approximate surface area is 214 Å². The van der Waals surface area contributed by atoms with Crippen molar-refractivity contribution in [2.45, 2.75) is 90.0 Å². The van der Waals surface area contributed by atoms with Crippen molar-refractivity contribution in [1.82, 2.24) is 0 Å². The minimum atomic E-state index is -0.900. The third-order valence-corrected chi connectivity index (χ3v) is 10.2. The number of ether oxygens (including phenoxy) is 5. The molecule has 7 nitrogen and oxygen atoms in total. The van der Waals surface area contributed by atoms with E-state index >= 15 is 0 Å². The van der Waals surface area contributed by atoms with Gasteiger partial charge in [0, 0.05) is 29.3 Å². The van der Waals surface area contributed by atoms with Crippen molar-refractivity contribution >= 4 is 6.16 Å². The van der Waals surface area contributed by atoms with Crippen LogP contribution in [0, 0.1) is 22.2 Å². The predicted molar refractivity (Wildman–Crippen MR) is 133 cm³/mol. The number of fused-ring (bicyclic) bond motifs is 2. The van der Waals surface area contributed by atoms with Crippen LogP contribution in [0.3, 0.4) is 0 Å². The van der Waals surface area contributed by atoms with Crippen LogP contribution in [-0.2, 0) is 30.3 Å². The van der Waals surface area contributed by atoms with E-state index in [4.69, 9.17) is 23.7 Å². The lowest BCUT2D eigenvalue weighted by Gasteiger charge is -2.66. The standard InChI is InChI=1S/C29H40O7/c1-18-26(2,3)29-15-14-27(18,4)24(30)28(5)21(33-16-19-10-8-7-9-11-19)13-12-20(34-17-32-6)22(28)23(29)35-25(31)36-29/h7-11,20-24,30H,1,12-17H2,2-6H3/t20-,21-,22-,23-,24+,27-,28+,29+/m0/s1. The molecule has 5 aliphatic rings. The first-order valence-corrected chi connectivity index (χ1v) is 13.1. The van der Waals surface area contributed by atoms with E-state index in [0.29, 0.717) is 32.3 Å². The second-order valence-corrected chi connectivity index (χ2v) is 12.1. The Morgan fingerprint density at radius 3 is 2.50 bits per heavy atom. The smallest absolute Gasteiger partial charge is 0.426 e. The van der Waals surface area contributed by atoms with E-state index in [1.54, 1.807) is 7.11 Å². The van der Waals surface area contributed by atoms with Gasteiger partial charge in [-0.25, -0.2) is 4.79 Å². The monoisotopic (exact) mass is 500 g/mol. The highest BCUT2D eigenvalue weighted by Crippen LogP contribution is 2.69. The molecule has 198 valence electrons. The van der Waals surface area contributed by atoms with E-state index in [0.717, 1.165) is 11.1 Å². The van der Waals surface area contributed by atoms with Crippen molar-refractivity contribution in [3.05, 3.63) is 48.0 Å². The van der Waals surface area contributed by atoms with Gasteiger partial charge in [-0.3, -0.25) is 0 Å². The Hall–Kier alpha value is -1.93. The fraction of sp³-hybridized carbons (Fsp3) is 0.690. The summed E-state index contributed by atoms with van der Waals surface area (Å²) in [6.07, 6.45) is -0.0540. The van der Waals surface area contributed by atoms with Crippen LogP contribution >= 0.6 is 0 Å². The number of benzene rings is 1. The summed E-state index contributed by atoms with van der Waals surface area (Å²) < 4.78 is 30.3. The molecule has 1 saturated heterocycles. The maximum atomic E-state index is 12.8. The highest BCUT2D eigenvalue weighted by molar-refractivity contribution is 5.65. The van der Waals surface area contributed by atoms with Crippen molar-refractivity contribution in [1.29, 1.82) is 0 Å². The van der Waals surface area contributed by atoms with Crippen LogP contribution in [0.1, 0.15) is 58.9 Å². The lowest BCUT2D eigenvalue weighted by Crippen LogP contribution is -2.73. The molecule has 1 aliphatic heterocycles. The lowest BCUT2D eigenvalue weighted by atomic mass is 9.41. The lowest BCUT2D eigenvalue weighted by molar-refractivity contribution is -0.274. The number of hydrogen-bond acceptors (Lipinski definition) is 7. The first-order chi connectivity index (χ1) is 17.0. The number of hydrogen-bond donors (Lipinski definition) is 1. The van der Waals surface area contributed by atoms with Crippen molar-refractivity contribution in [2.75, 3.05) is 13.9 Å². The quantitative estimate of drug-likeness (QED) is 0.334. The summed E-state index contributed by atoms with van der Waals surface area (Å²) in [6.45, 7) is 13.4. The summed E-state index contributed by atoms with van der Waals surface area (Å²) in [5.41, 5.74) is -0.950. The molecule has 1 aromatic rings. The zero-order chi connectivity index (χ0) is 25.9. The topological polar surface area (TPSA) is 83.5 Å². The van der Waals surface area contributed by atoms with Crippen LogP contribution in [0.5, 0.6) is 0 Å². The third kappa shape index (κ3) is 3.43. The van der Waals surface area contributed by atoms with E-state index in [1.807, 2.05) is 30.3 Å². The molecule has 0 amide bonds. The molecule has 4 saturated carbocycles. The summed E-state index contributed by atoms with van der Waals surface area (Å²) in [5, 5.41) is 12.4. The third-order valence-electron chi connectivity index (χ3n) is 10.2. The minimum absolute atomic E-state index is 0.116. The van der Waals surface area contributed by atoms with Gasteiger partial charge < -0.3 is 28.8 Å². The van der Waals surface area contributed by atoms with Gasteiger partial charge in [0.05, 0.1) is 24.9 Å². The van der Waals surface area contributed by atoms with Gasteiger partial charge in [0.2, 0.25) is 0 Å². The van der Waals surface area contributed by atoms with Crippen LogP contribution in [-0.4, -0.2) is 55.2 Å². The number of carbonyl (C=O) groups excluding carboxylic acids is 1. The van der Waals surface area contributed by atoms with Crippen molar-refractivity contribution < 1.29 is 33.6 Å². The van der Waals surface area contributed by atoms with Gasteiger partial charge in [0.25, 0.3) is 0 Å². The van der Waals surface area contributed by atoms with E-state index in [2.05, 4.69) is 34.3 Å². The van der Waals surface area contributed by atoms with Crippen LogP contribution in [0.25, 0.3) is 0 Å². The molecular weight excluding hydrogens is 460 g/mol. The van der Waals surface area contributed by atoms with Gasteiger partial charge in [-0.15, -0.1) is 0 Å². The van der Waals surface area contributed by atoms with Crippen molar-refractivity contribution in [2.24, 2.45) is 22.2 Å². The van der Waals surface area contributed by atoms with Crippen molar-refractivity contribution in [3.63, 3.8) is 0 Å². The largest absolute Gasteiger partial charge is 0.509 e. The number of rotatable bonds is 6. The number of aliphatic hydroxyl groups excluding tert-OH is 1. The number of aliphatic hydroxyl groups is 1. The first-order valence-electron chi connectivity index (χ1n) is 13.1. The molecule has 5 fully saturated rings. The fourth-order valence-electron chi connectivity index (χ4n) is 8.01. The Balaban J connectivity index is 1.64. The van der Waals surface area contributed by atoms with Gasteiger partial charge >= 0.3 is 6.16 Å². The van der Waals surface area contributed by atoms with E-state index in [1.165, 1.54) is 0 Å². The van der Waals surface area contributed by atoms with Crippen LogP contribution in [0.2, 0.25) is 0 Å². The SMILES string of the molecule is C=C1C(C)(C)[C@@]23CC[C@]1(C)[C@@H](O)[C@@]1(C)[C@@H]([C@@H](OCOC)CC[C@@H]1OCc1ccccc1)[C@@H]2OC(=O)O3. The van der Waals surface area contributed by atoms with Gasteiger partial charge in [0.1, 0.15) is 6.79 Å². The molecule has 6 rings (SSSR count). The molecule has 7 heteroatoms. The molecule has 2 bridgehead atoms. The van der Waals surface area contributed by atoms with Crippen molar-refractivity contribution in [3.8, 4) is 0 Å². The van der Waals surface area contributed by atoms with E-state index < -0.39 is 40.2 Å². The number of methoxy groups -OCH3 is 1. The molecule has 4 aliphatic carbocycles. The number of carbonyl (C=O) groups is 1. The highest BCUT2D eigenvalue weighted by atomic mass is 16.8. The van der Waals surface area contributed by atoms with Gasteiger partial charge in [-0.05, 0) is 31.2 Å². The summed E-state index contributed by atoms with van der Waals surface area (Å²) >= 11 is 0. The maximum absolute atomic E-state index is 12.8. The van der Waals surface area contributed by atoms with Gasteiger partial charge in [-0.1, -0.05) is 70.2 Å². The first kappa shape index (κ1) is 25.7. The zero-order valence-electron chi connectivity index (χ0n) is 22.1. The zero-order valence-corrected chi connectivity index (χ0v) is 22.1. The molecule has 8 atom stereocenters. The van der Waals surface area contributed by atoms with Gasteiger partial charge in [0.15, 0.2) is 11.7 Å². The molecule has 0 aromatic heterocycles. The average molecular weight is 501 g/mol. The van der Waals surface area contributed by atoms with E-state index in [9.17, 15) is 9.90 Å². The molecule has 1 N–H and O–H groups in total. The second-order valence-electron chi connectivity index (χ2n) is 12.1. The Bertz CT molecular complexity index is 1010. The molecule has 0 unspecified atom stereocenters. The van der Waals surface area contributed by atoms with Crippen LogP contribution < -0.4 is 0 Å². The highest BCUT2D eigenvalue weighted by Gasteiger charge is 2.76. The van der Waals surface area contributed by atoms with Crippen LogP contribution in [0.4, 0.5) is 4.79 Å².